The topological polar surface area (TPSA) is 320 Å². The Morgan fingerprint density at radius 3 is 0.924 bits per heavy atom. The van der Waals surface area contributed by atoms with Crippen LogP contribution in [0.4, 0.5) is 4.39 Å². The number of hydrogen-bond donors (Lipinski definition) is 0. The molecule has 0 saturated heterocycles. The first-order chi connectivity index (χ1) is 58.1. The van der Waals surface area contributed by atoms with Crippen molar-refractivity contribution in [2.45, 2.75) is 26.4 Å². The summed E-state index contributed by atoms with van der Waals surface area (Å²) in [6, 6.07) is 66.8. The fourth-order valence-corrected chi connectivity index (χ4v) is 13.3. The Balaban J connectivity index is 0.000000113. The molecule has 14 aromatic heterocycles. The summed E-state index contributed by atoms with van der Waals surface area (Å²) in [6.45, 7) is 0.851. The summed E-state index contributed by atoms with van der Waals surface area (Å²) < 4.78 is 70.4. The van der Waals surface area contributed by atoms with E-state index >= 15 is 0 Å². The normalized spacial score (nSPS) is 11.1. The average molecular weight is 1590 g/mol. The molecule has 0 bridgehead atoms. The summed E-state index contributed by atoms with van der Waals surface area (Å²) in [4.78, 5) is 22.7. The number of hydrogen-bond acceptors (Lipinski definition) is 27. The van der Waals surface area contributed by atoms with Gasteiger partial charge in [0.2, 0.25) is 0 Å². The van der Waals surface area contributed by atoms with Gasteiger partial charge in [0.1, 0.15) is 89.7 Å². The van der Waals surface area contributed by atoms with Crippen molar-refractivity contribution in [2.24, 2.45) is 0 Å². The first-order valence-corrected chi connectivity index (χ1v) is 37.4. The highest BCUT2D eigenvalue weighted by Crippen LogP contribution is 2.34. The summed E-state index contributed by atoms with van der Waals surface area (Å²) in [5.41, 5.74) is 11.7. The lowest BCUT2D eigenvalue weighted by Crippen LogP contribution is -2.05. The Hall–Kier alpha value is -15.9. The molecule has 6 aromatic carbocycles. The van der Waals surface area contributed by atoms with Gasteiger partial charge >= 0.3 is 0 Å². The molecule has 0 radical (unpaired) electrons. The molecule has 30 nitrogen and oxygen atoms in total. The number of pyridine rings is 5. The molecule has 14 heterocycles. The number of benzene rings is 6. The van der Waals surface area contributed by atoms with Crippen molar-refractivity contribution in [3.8, 4) is 96.1 Å². The van der Waals surface area contributed by atoms with Crippen molar-refractivity contribution in [1.82, 2.24) is 104 Å². The molecule has 0 N–H and O–H groups in total. The molecular formula is C86H66FN21O9S. The minimum Gasteiger partial charge on any atom is -0.497 e. The molecule has 20 rings (SSSR count). The van der Waals surface area contributed by atoms with Crippen molar-refractivity contribution >= 4 is 77.5 Å². The second-order valence-corrected chi connectivity index (χ2v) is 26.7. The van der Waals surface area contributed by atoms with Crippen LogP contribution in [-0.2, 0) is 26.4 Å². The van der Waals surface area contributed by atoms with E-state index in [1.807, 2.05) is 193 Å². The summed E-state index contributed by atoms with van der Waals surface area (Å²) in [6.07, 6.45) is 10.3. The van der Waals surface area contributed by atoms with Gasteiger partial charge in [-0.2, -0.15) is 38.5 Å². The summed E-state index contributed by atoms with van der Waals surface area (Å²) in [7, 11) is 8.15. The second-order valence-electron chi connectivity index (χ2n) is 25.8. The molecule has 0 amide bonds. The van der Waals surface area contributed by atoms with E-state index in [0.717, 1.165) is 117 Å². The van der Waals surface area contributed by atoms with Crippen LogP contribution in [0.2, 0.25) is 0 Å². The number of aromatic nitrogens is 21. The van der Waals surface area contributed by atoms with Crippen LogP contribution in [0.25, 0.3) is 111 Å². The van der Waals surface area contributed by atoms with Gasteiger partial charge in [0.05, 0.1) is 79.6 Å². The maximum atomic E-state index is 13.2. The van der Waals surface area contributed by atoms with E-state index in [1.165, 1.54) is 12.1 Å². The van der Waals surface area contributed by atoms with Crippen LogP contribution in [-0.4, -0.2) is 140 Å². The summed E-state index contributed by atoms with van der Waals surface area (Å²) in [5.74, 6) is 8.68. The van der Waals surface area contributed by atoms with E-state index in [0.29, 0.717) is 68.8 Å². The number of rotatable bonds is 21. The maximum Gasteiger partial charge on any atom is 0.192 e. The lowest BCUT2D eigenvalue weighted by atomic mass is 10.1. The highest BCUT2D eigenvalue weighted by Gasteiger charge is 2.18. The molecule has 20 aromatic rings. The van der Waals surface area contributed by atoms with E-state index in [-0.39, 0.29) is 32.2 Å². The van der Waals surface area contributed by atoms with Gasteiger partial charge in [0, 0.05) is 99.7 Å². The van der Waals surface area contributed by atoms with Crippen molar-refractivity contribution < 1.29 is 47.0 Å². The van der Waals surface area contributed by atoms with E-state index in [9.17, 15) is 4.39 Å². The zero-order valence-corrected chi connectivity index (χ0v) is 64.3. The Morgan fingerprint density at radius 2 is 0.602 bits per heavy atom. The Morgan fingerprint density at radius 1 is 0.297 bits per heavy atom. The zero-order chi connectivity index (χ0) is 80.3. The quantitative estimate of drug-likeness (QED) is 0.0645. The van der Waals surface area contributed by atoms with Crippen LogP contribution in [0.5, 0.6) is 51.7 Å². The summed E-state index contributed by atoms with van der Waals surface area (Å²) in [5, 5.41) is 57.8. The largest absolute Gasteiger partial charge is 0.497 e. The first-order valence-electron chi connectivity index (χ1n) is 36.5. The number of nitrogens with zero attached hydrogens (tertiary/aromatic N) is 21. The Bertz CT molecular complexity index is 6950. The molecule has 0 atom stereocenters. The Labute approximate surface area is 673 Å². The van der Waals surface area contributed by atoms with E-state index in [4.69, 9.17) is 47.7 Å². The van der Waals surface area contributed by atoms with Gasteiger partial charge in [-0.25, -0.2) is 4.39 Å². The molecule has 0 saturated carbocycles. The second kappa shape index (κ2) is 34.2. The third-order valence-electron chi connectivity index (χ3n) is 18.7. The third-order valence-corrected chi connectivity index (χ3v) is 19.5. The van der Waals surface area contributed by atoms with Crippen molar-refractivity contribution in [3.63, 3.8) is 0 Å². The standard InChI is InChI=1S/C23H19N5O3.C22H16FN5O2.C21H16N6O2.C20H15N5O2S/c1-29-16-5-3-15(4-6-16)19-9-10-22-25-26-23(28(22)27-19)14-31-21-11-12-24-20-13-17(30-2)7-8-18(20)21;1-29-16-6-7-17-19(12-16)24-11-10-20(17)30-13-22-26-25-21-9-8-18(27-28(21)22)14-2-4-15(23)5-3-14;1-28-15-2-3-16-18(12-15)23-11-8-19(16)29-13-21-25-24-20-5-4-17(26-27(20)21)14-6-9-22-10-7-14;1-26-13-4-5-14-16(11-13)21-9-8-17(14)27-12-20-23-22-19-7-6-15(24-25(19)20)18-3-2-10-28-18/h3-13H,14H2,1-2H3;2-12H,13H2,1H3;2-12H,13H2,1H3;2-11H,12H2,1H3. The molecular weight excluding hydrogens is 1520 g/mol. The van der Waals surface area contributed by atoms with E-state index in [1.54, 1.807) is 120 Å². The molecule has 0 spiro atoms. The fraction of sp³-hybridized carbons (Fsp3) is 0.105. The van der Waals surface area contributed by atoms with E-state index in [2.05, 4.69) is 81.0 Å². The van der Waals surface area contributed by atoms with Crippen LogP contribution in [0, 0.1) is 5.82 Å². The highest BCUT2D eigenvalue weighted by atomic mass is 32.1. The Kier molecular flexibility index (Phi) is 21.7. The zero-order valence-electron chi connectivity index (χ0n) is 63.5. The van der Waals surface area contributed by atoms with Gasteiger partial charge in [0.25, 0.3) is 0 Å². The third kappa shape index (κ3) is 16.4. The summed E-state index contributed by atoms with van der Waals surface area (Å²) >= 11 is 1.64. The molecule has 32 heteroatoms. The van der Waals surface area contributed by atoms with Gasteiger partial charge in [-0.05, 0) is 193 Å². The van der Waals surface area contributed by atoms with Gasteiger partial charge < -0.3 is 42.6 Å². The molecule has 0 aliphatic carbocycles. The van der Waals surface area contributed by atoms with Crippen LogP contribution >= 0.6 is 11.3 Å². The predicted octanol–water partition coefficient (Wildman–Crippen LogP) is 15.3. The van der Waals surface area contributed by atoms with Crippen LogP contribution in [0.15, 0.2) is 261 Å². The van der Waals surface area contributed by atoms with Gasteiger partial charge in [-0.1, -0.05) is 6.07 Å². The average Bonchev–Trinajstić information content (AvgIpc) is 1.63. The number of thiophene rings is 1. The monoisotopic (exact) mass is 1590 g/mol. The minimum atomic E-state index is -0.291. The SMILES string of the molecule is COc1ccc(-c2ccc3nnc(COc4ccnc5cc(OC)ccc45)n3n2)cc1.COc1ccc2c(OCc3nnc4ccc(-c5ccc(F)cc5)nn34)ccnc2c1.COc1ccc2c(OCc3nnc4ccc(-c5cccs5)nn34)ccnc2c1.COc1ccc2c(OCc3nnc4ccc(-c5ccncc5)nn34)ccnc2c1. The fourth-order valence-electron chi connectivity index (χ4n) is 12.6. The first kappa shape index (κ1) is 74.9. The molecule has 0 aliphatic heterocycles. The van der Waals surface area contributed by atoms with Gasteiger partial charge in [-0.15, -0.1) is 52.1 Å². The maximum absolute atomic E-state index is 13.2. The molecule has 0 aliphatic rings. The highest BCUT2D eigenvalue weighted by molar-refractivity contribution is 7.13. The van der Waals surface area contributed by atoms with Crippen LogP contribution < -0.4 is 42.6 Å². The number of fused-ring (bicyclic) bond motifs is 8. The number of methoxy groups -OCH3 is 5. The van der Waals surface area contributed by atoms with Crippen LogP contribution in [0.1, 0.15) is 23.3 Å². The molecule has 118 heavy (non-hydrogen) atoms. The predicted molar refractivity (Wildman–Crippen MR) is 438 cm³/mol. The molecule has 0 fully saturated rings. The van der Waals surface area contributed by atoms with Crippen molar-refractivity contribution in [1.29, 1.82) is 0 Å². The van der Waals surface area contributed by atoms with E-state index < -0.39 is 0 Å². The van der Waals surface area contributed by atoms with Crippen molar-refractivity contribution in [2.75, 3.05) is 35.5 Å². The smallest absolute Gasteiger partial charge is 0.192 e. The van der Waals surface area contributed by atoms with Gasteiger partial charge in [0.15, 0.2) is 45.9 Å². The lowest BCUT2D eigenvalue weighted by molar-refractivity contribution is 0.296. The van der Waals surface area contributed by atoms with Crippen LogP contribution in [0.3, 0.4) is 0 Å². The van der Waals surface area contributed by atoms with Crippen molar-refractivity contribution in [3.05, 3.63) is 290 Å². The molecule has 582 valence electrons. The lowest BCUT2D eigenvalue weighted by Gasteiger charge is -2.09. The van der Waals surface area contributed by atoms with Gasteiger partial charge in [-0.3, -0.25) is 24.9 Å². The molecule has 0 unspecified atom stereocenters. The number of halogens is 1. The number of ether oxygens (including phenoxy) is 9. The minimum absolute atomic E-state index is 0.173.